The molecule has 0 saturated heterocycles. The van der Waals surface area contributed by atoms with Crippen molar-refractivity contribution < 1.29 is 9.21 Å². The van der Waals surface area contributed by atoms with Crippen LogP contribution in [-0.4, -0.2) is 22.9 Å². The fourth-order valence-corrected chi connectivity index (χ4v) is 1.66. The minimum atomic E-state index is -0.219. The van der Waals surface area contributed by atoms with E-state index in [1.807, 2.05) is 13.8 Å². The van der Waals surface area contributed by atoms with Crippen molar-refractivity contribution in [1.82, 2.24) is 15.3 Å². The average Bonchev–Trinajstić information content (AvgIpc) is 2.85. The van der Waals surface area contributed by atoms with E-state index in [1.165, 1.54) is 0 Å². The number of anilines is 1. The van der Waals surface area contributed by atoms with Gasteiger partial charge in [-0.25, -0.2) is 4.98 Å². The summed E-state index contributed by atoms with van der Waals surface area (Å²) in [6, 6.07) is 3.39. The van der Waals surface area contributed by atoms with Crippen molar-refractivity contribution in [2.45, 2.75) is 19.9 Å². The average molecular weight is 260 g/mol. The third kappa shape index (κ3) is 3.09. The zero-order valence-corrected chi connectivity index (χ0v) is 11.1. The molecule has 2 rings (SSSR count). The van der Waals surface area contributed by atoms with Crippen LogP contribution in [0.3, 0.4) is 0 Å². The lowest BCUT2D eigenvalue weighted by Crippen LogP contribution is -2.19. The lowest BCUT2D eigenvalue weighted by molar-refractivity contribution is 0.0958. The molecule has 6 nitrogen and oxygen atoms in total. The summed E-state index contributed by atoms with van der Waals surface area (Å²) in [4.78, 5) is 19.7. The van der Waals surface area contributed by atoms with Crippen LogP contribution in [0, 0.1) is 6.92 Å². The van der Waals surface area contributed by atoms with Gasteiger partial charge in [0.15, 0.2) is 0 Å². The van der Waals surface area contributed by atoms with Gasteiger partial charge in [0.05, 0.1) is 6.20 Å². The summed E-state index contributed by atoms with van der Waals surface area (Å²) in [6.45, 7) is 3.78. The maximum Gasteiger partial charge on any atom is 0.269 e. The zero-order valence-electron chi connectivity index (χ0n) is 11.1. The van der Waals surface area contributed by atoms with Gasteiger partial charge in [0, 0.05) is 18.9 Å². The van der Waals surface area contributed by atoms with Crippen LogP contribution in [0.2, 0.25) is 0 Å². The molecule has 0 aromatic carbocycles. The molecule has 0 aliphatic heterocycles. The first kappa shape index (κ1) is 13.1. The molecule has 19 heavy (non-hydrogen) atoms. The van der Waals surface area contributed by atoms with Gasteiger partial charge in [0.25, 0.3) is 5.91 Å². The highest BCUT2D eigenvalue weighted by Crippen LogP contribution is 2.19. The number of oxazole rings is 1. The molecule has 2 heterocycles. The molecule has 0 fully saturated rings. The molecule has 1 unspecified atom stereocenters. The number of carbonyl (C=O) groups excluding carboxylic acids is 1. The Kier molecular flexibility index (Phi) is 3.79. The number of rotatable bonds is 4. The first-order valence-corrected chi connectivity index (χ1v) is 5.97. The van der Waals surface area contributed by atoms with Crippen LogP contribution in [0.4, 0.5) is 5.69 Å². The van der Waals surface area contributed by atoms with Crippen molar-refractivity contribution in [3.63, 3.8) is 0 Å². The van der Waals surface area contributed by atoms with Gasteiger partial charge in [-0.15, -0.1) is 0 Å². The Labute approximate surface area is 111 Å². The van der Waals surface area contributed by atoms with Gasteiger partial charge >= 0.3 is 0 Å². The van der Waals surface area contributed by atoms with Crippen LogP contribution >= 0.6 is 0 Å². The van der Waals surface area contributed by atoms with E-state index < -0.39 is 0 Å². The number of carbonyl (C=O) groups is 1. The fraction of sp³-hybridized carbons (Fsp3) is 0.308. The summed E-state index contributed by atoms with van der Waals surface area (Å²) < 4.78 is 5.45. The third-order valence-corrected chi connectivity index (χ3v) is 2.61. The molecule has 6 heteroatoms. The van der Waals surface area contributed by atoms with Crippen molar-refractivity contribution in [3.05, 3.63) is 41.9 Å². The number of aromatic nitrogens is 2. The van der Waals surface area contributed by atoms with Crippen LogP contribution in [0.5, 0.6) is 0 Å². The number of nitrogens with zero attached hydrogens (tertiary/aromatic N) is 2. The maximum absolute atomic E-state index is 11.5. The van der Waals surface area contributed by atoms with Gasteiger partial charge in [0.1, 0.15) is 17.5 Å². The Morgan fingerprint density at radius 1 is 1.42 bits per heavy atom. The van der Waals surface area contributed by atoms with E-state index in [9.17, 15) is 4.79 Å². The number of aryl methyl sites for hydroxylation is 1. The second-order valence-corrected chi connectivity index (χ2v) is 4.18. The summed E-state index contributed by atoms with van der Waals surface area (Å²) in [5, 5.41) is 5.75. The van der Waals surface area contributed by atoms with E-state index in [0.29, 0.717) is 11.6 Å². The van der Waals surface area contributed by atoms with Gasteiger partial charge in [0.2, 0.25) is 5.89 Å². The summed E-state index contributed by atoms with van der Waals surface area (Å²) in [5.74, 6) is 1.16. The van der Waals surface area contributed by atoms with Gasteiger partial charge in [-0.1, -0.05) is 0 Å². The topological polar surface area (TPSA) is 80.0 Å². The highest BCUT2D eigenvalue weighted by Gasteiger charge is 2.12. The molecular formula is C13H16N4O2. The van der Waals surface area contributed by atoms with E-state index in [-0.39, 0.29) is 11.9 Å². The molecular weight excluding hydrogens is 244 g/mol. The van der Waals surface area contributed by atoms with E-state index in [0.717, 1.165) is 11.4 Å². The summed E-state index contributed by atoms with van der Waals surface area (Å²) in [6.07, 6.45) is 3.26. The summed E-state index contributed by atoms with van der Waals surface area (Å²) in [5.41, 5.74) is 1.15. The molecule has 100 valence electrons. The number of hydrogen-bond acceptors (Lipinski definition) is 5. The van der Waals surface area contributed by atoms with E-state index in [2.05, 4.69) is 20.6 Å². The highest BCUT2D eigenvalue weighted by atomic mass is 16.4. The van der Waals surface area contributed by atoms with Crippen molar-refractivity contribution in [3.8, 4) is 0 Å². The minimum Gasteiger partial charge on any atom is -0.444 e. The lowest BCUT2D eigenvalue weighted by atomic mass is 10.2. The zero-order chi connectivity index (χ0) is 13.8. The second-order valence-electron chi connectivity index (χ2n) is 4.18. The van der Waals surface area contributed by atoms with Crippen LogP contribution in [0.25, 0.3) is 0 Å². The molecule has 0 saturated carbocycles. The Balaban J connectivity index is 2.12. The first-order chi connectivity index (χ1) is 9.10. The van der Waals surface area contributed by atoms with Crippen molar-refractivity contribution in [2.24, 2.45) is 0 Å². The second kappa shape index (κ2) is 5.51. The molecule has 1 amide bonds. The Hall–Kier alpha value is -2.37. The molecule has 2 aromatic rings. The SMILES string of the molecule is CNC(=O)c1cc(NC(C)c2ncc(C)o2)ccn1. The third-order valence-electron chi connectivity index (χ3n) is 2.61. The summed E-state index contributed by atoms with van der Waals surface area (Å²) in [7, 11) is 1.57. The van der Waals surface area contributed by atoms with E-state index >= 15 is 0 Å². The maximum atomic E-state index is 11.5. The van der Waals surface area contributed by atoms with Crippen LogP contribution < -0.4 is 10.6 Å². The van der Waals surface area contributed by atoms with Crippen LogP contribution in [0.15, 0.2) is 28.9 Å². The molecule has 0 aliphatic carbocycles. The number of pyridine rings is 1. The van der Waals surface area contributed by atoms with E-state index in [4.69, 9.17) is 4.42 Å². The largest absolute Gasteiger partial charge is 0.444 e. The van der Waals surface area contributed by atoms with Crippen molar-refractivity contribution in [1.29, 1.82) is 0 Å². The molecule has 0 radical (unpaired) electrons. The molecule has 0 spiro atoms. The molecule has 2 aromatic heterocycles. The van der Waals surface area contributed by atoms with Crippen LogP contribution in [0.1, 0.15) is 35.1 Å². The Morgan fingerprint density at radius 2 is 2.21 bits per heavy atom. The van der Waals surface area contributed by atoms with E-state index in [1.54, 1.807) is 31.6 Å². The predicted octanol–water partition coefficient (Wildman–Crippen LogP) is 1.91. The smallest absolute Gasteiger partial charge is 0.269 e. The van der Waals surface area contributed by atoms with Crippen LogP contribution in [-0.2, 0) is 0 Å². The Morgan fingerprint density at radius 3 is 2.84 bits per heavy atom. The lowest BCUT2D eigenvalue weighted by Gasteiger charge is -2.12. The predicted molar refractivity (Wildman–Crippen MR) is 70.9 cm³/mol. The number of nitrogens with one attached hydrogen (secondary N) is 2. The van der Waals surface area contributed by atoms with Gasteiger partial charge in [-0.3, -0.25) is 9.78 Å². The Bertz CT molecular complexity index is 580. The number of hydrogen-bond donors (Lipinski definition) is 2. The molecule has 0 bridgehead atoms. The van der Waals surface area contributed by atoms with Crippen molar-refractivity contribution >= 4 is 11.6 Å². The van der Waals surface area contributed by atoms with Gasteiger partial charge < -0.3 is 15.1 Å². The minimum absolute atomic E-state index is 0.0892. The normalized spacial score (nSPS) is 11.9. The fourth-order valence-electron chi connectivity index (χ4n) is 1.66. The van der Waals surface area contributed by atoms with Crippen molar-refractivity contribution in [2.75, 3.05) is 12.4 Å². The highest BCUT2D eigenvalue weighted by molar-refractivity contribution is 5.92. The standard InChI is InChI=1S/C13H16N4O2/c1-8-7-16-13(19-8)9(2)17-10-4-5-15-11(6-10)12(18)14-3/h4-7,9H,1-3H3,(H,14,18)(H,15,17). The molecule has 0 aliphatic rings. The van der Waals surface area contributed by atoms with Gasteiger partial charge in [-0.05, 0) is 26.0 Å². The quantitative estimate of drug-likeness (QED) is 0.877. The summed E-state index contributed by atoms with van der Waals surface area (Å²) >= 11 is 0. The first-order valence-electron chi connectivity index (χ1n) is 5.97. The monoisotopic (exact) mass is 260 g/mol. The molecule has 2 N–H and O–H groups in total. The van der Waals surface area contributed by atoms with Gasteiger partial charge in [-0.2, -0.15) is 0 Å². The molecule has 1 atom stereocenters. The number of amides is 1.